The topological polar surface area (TPSA) is 66.4 Å². The second kappa shape index (κ2) is 16.2. The summed E-state index contributed by atoms with van der Waals surface area (Å²) in [5.74, 6) is -1.52. The van der Waals surface area contributed by atoms with Crippen molar-refractivity contribution >= 4 is 47.6 Å². The number of benzene rings is 1. The van der Waals surface area contributed by atoms with Gasteiger partial charge in [0.05, 0.1) is 12.6 Å². The van der Waals surface area contributed by atoms with Crippen molar-refractivity contribution < 1.29 is 19.4 Å². The number of rotatable bonds is 8. The van der Waals surface area contributed by atoms with E-state index in [4.69, 9.17) is 0 Å². The zero-order valence-electron chi connectivity index (χ0n) is 14.5. The summed E-state index contributed by atoms with van der Waals surface area (Å²) < 4.78 is 4.67. The van der Waals surface area contributed by atoms with E-state index in [0.717, 1.165) is 18.4 Å². The predicted octanol–water partition coefficient (Wildman–Crippen LogP) is 2.53. The molecule has 125 valence electrons. The molecule has 0 spiro atoms. The van der Waals surface area contributed by atoms with Gasteiger partial charge in [-0.3, -0.25) is 0 Å². The molecule has 0 aromatic heterocycles. The van der Waals surface area contributed by atoms with E-state index in [2.05, 4.69) is 17.9 Å². The third kappa shape index (κ3) is 14.0. The molecule has 0 fully saturated rings. The van der Waals surface area contributed by atoms with Crippen molar-refractivity contribution in [3.05, 3.63) is 66.8 Å². The molecule has 0 bridgehead atoms. The van der Waals surface area contributed by atoms with Gasteiger partial charge in [0.15, 0.2) is 0 Å². The Bertz CT molecular complexity index is 536. The van der Waals surface area contributed by atoms with E-state index in [9.17, 15) is 14.7 Å². The van der Waals surface area contributed by atoms with E-state index in [0.29, 0.717) is 13.0 Å². The zero-order valence-corrected chi connectivity index (χ0v) is 16.5. The summed E-state index contributed by atoms with van der Waals surface area (Å²) >= 11 is 0. The van der Waals surface area contributed by atoms with Gasteiger partial charge in [-0.1, -0.05) is 69.0 Å². The standard InChI is InChI=1S/C12H12O2.C7H12O2.Na/c1-10(12(13)14)6-5-9-11-7-3-2-4-8-11;1-3-5-6-9-7(8)4-2;/h2-5,7-9H,1,6H2,(H,13,14);4H,2-3,5-6H2,1H3;/p-1. The first-order valence-electron chi connectivity index (χ1n) is 7.41. The van der Waals surface area contributed by atoms with E-state index in [1.54, 1.807) is 6.08 Å². The fourth-order valence-corrected chi connectivity index (χ4v) is 1.36. The molecule has 0 heterocycles. The van der Waals surface area contributed by atoms with E-state index in [-0.39, 0.29) is 41.1 Å². The molecule has 0 saturated heterocycles. The van der Waals surface area contributed by atoms with Crippen LogP contribution in [0.4, 0.5) is 0 Å². The summed E-state index contributed by atoms with van der Waals surface area (Å²) in [6.45, 7) is 9.20. The summed E-state index contributed by atoms with van der Waals surface area (Å²) in [4.78, 5) is 20.6. The molecule has 1 aromatic carbocycles. The van der Waals surface area contributed by atoms with Crippen LogP contribution in [0, 0.1) is 0 Å². The average Bonchev–Trinajstić information content (AvgIpc) is 2.56. The third-order valence-corrected chi connectivity index (χ3v) is 2.67. The van der Waals surface area contributed by atoms with Crippen LogP contribution in [-0.2, 0) is 14.3 Å². The Morgan fingerprint density at radius 1 is 1.25 bits per heavy atom. The van der Waals surface area contributed by atoms with Crippen molar-refractivity contribution in [1.29, 1.82) is 0 Å². The van der Waals surface area contributed by atoms with Gasteiger partial charge in [0.2, 0.25) is 0 Å². The van der Waals surface area contributed by atoms with Gasteiger partial charge in [0.1, 0.15) is 0 Å². The molecular formula is C19H23NaO4-. The van der Waals surface area contributed by atoms with Crippen molar-refractivity contribution in [2.45, 2.75) is 26.2 Å². The minimum atomic E-state index is -1.19. The molecule has 1 radical (unpaired) electrons. The van der Waals surface area contributed by atoms with Gasteiger partial charge in [-0.15, -0.1) is 0 Å². The fraction of sp³-hybridized carbons (Fsp3) is 0.263. The van der Waals surface area contributed by atoms with Crippen LogP contribution in [0.5, 0.6) is 0 Å². The Morgan fingerprint density at radius 2 is 1.88 bits per heavy atom. The number of allylic oxidation sites excluding steroid dienone is 1. The molecule has 5 heteroatoms. The van der Waals surface area contributed by atoms with Crippen LogP contribution in [0.3, 0.4) is 0 Å². The Kier molecular flexibility index (Phi) is 16.7. The van der Waals surface area contributed by atoms with Gasteiger partial charge in [-0.2, -0.15) is 0 Å². The largest absolute Gasteiger partial charge is 0.545 e. The molecule has 1 aromatic rings. The van der Waals surface area contributed by atoms with Crippen LogP contribution in [0.1, 0.15) is 31.7 Å². The molecule has 4 nitrogen and oxygen atoms in total. The van der Waals surface area contributed by atoms with Crippen molar-refractivity contribution in [3.8, 4) is 0 Å². The molecule has 0 N–H and O–H groups in total. The minimum Gasteiger partial charge on any atom is -0.545 e. The first kappa shape index (κ1) is 24.6. The van der Waals surface area contributed by atoms with Gasteiger partial charge in [-0.05, 0) is 24.0 Å². The van der Waals surface area contributed by atoms with Crippen LogP contribution < -0.4 is 5.11 Å². The van der Waals surface area contributed by atoms with Gasteiger partial charge in [-0.25, -0.2) is 4.79 Å². The van der Waals surface area contributed by atoms with E-state index in [1.165, 1.54) is 6.08 Å². The maximum Gasteiger partial charge on any atom is 0.330 e. The normalized spacial score (nSPS) is 9.21. The quantitative estimate of drug-likeness (QED) is 0.316. The minimum absolute atomic E-state index is 0. The van der Waals surface area contributed by atoms with Crippen LogP contribution >= 0.6 is 0 Å². The van der Waals surface area contributed by atoms with Gasteiger partial charge < -0.3 is 14.6 Å². The SMILES string of the molecule is C=C(CC=Cc1ccccc1)C(=O)[O-].C=CC(=O)OCCCC.[Na]. The van der Waals surface area contributed by atoms with Crippen LogP contribution in [0.25, 0.3) is 6.08 Å². The molecule has 0 aliphatic carbocycles. The van der Waals surface area contributed by atoms with Gasteiger partial charge in [0.25, 0.3) is 0 Å². The Balaban J connectivity index is 0. The van der Waals surface area contributed by atoms with Gasteiger partial charge in [0, 0.05) is 35.6 Å². The third-order valence-electron chi connectivity index (χ3n) is 2.67. The molecule has 0 atom stereocenters. The molecule has 0 aliphatic rings. The number of carboxylic acid groups (broad SMARTS) is 1. The number of esters is 1. The van der Waals surface area contributed by atoms with E-state index < -0.39 is 5.97 Å². The van der Waals surface area contributed by atoms with Crippen molar-refractivity contribution in [2.75, 3.05) is 6.61 Å². The number of carbonyl (C=O) groups excluding carboxylic acids is 2. The van der Waals surface area contributed by atoms with Crippen LogP contribution in [-0.4, -0.2) is 48.1 Å². The van der Waals surface area contributed by atoms with Gasteiger partial charge >= 0.3 is 5.97 Å². The smallest absolute Gasteiger partial charge is 0.330 e. The number of ether oxygens (including phenoxy) is 1. The first-order chi connectivity index (χ1) is 11.0. The Morgan fingerprint density at radius 3 is 2.38 bits per heavy atom. The second-order valence-corrected chi connectivity index (χ2v) is 4.63. The molecule has 1 rings (SSSR count). The number of hydrogen-bond donors (Lipinski definition) is 0. The van der Waals surface area contributed by atoms with Crippen molar-refractivity contribution in [3.63, 3.8) is 0 Å². The van der Waals surface area contributed by atoms with E-state index in [1.807, 2.05) is 43.3 Å². The summed E-state index contributed by atoms with van der Waals surface area (Å²) in [7, 11) is 0. The monoisotopic (exact) mass is 338 g/mol. The molecule has 0 unspecified atom stereocenters. The number of aliphatic carboxylic acids is 1. The molecular weight excluding hydrogens is 315 g/mol. The molecule has 0 aliphatic heterocycles. The molecule has 24 heavy (non-hydrogen) atoms. The molecule has 0 saturated carbocycles. The summed E-state index contributed by atoms with van der Waals surface area (Å²) in [6, 6.07) is 9.66. The Labute approximate surface area is 166 Å². The Hall–Kier alpha value is -1.62. The van der Waals surface area contributed by atoms with Crippen molar-refractivity contribution in [1.82, 2.24) is 0 Å². The summed E-state index contributed by atoms with van der Waals surface area (Å²) in [5.41, 5.74) is 1.14. The number of carbonyl (C=O) groups is 2. The fourth-order valence-electron chi connectivity index (χ4n) is 1.36. The number of unbranched alkanes of at least 4 members (excludes halogenated alkanes) is 1. The average molecular weight is 338 g/mol. The van der Waals surface area contributed by atoms with Crippen molar-refractivity contribution in [2.24, 2.45) is 0 Å². The number of carboxylic acids is 1. The second-order valence-electron chi connectivity index (χ2n) is 4.63. The maximum absolute atomic E-state index is 10.3. The molecule has 0 amide bonds. The zero-order chi connectivity index (χ0) is 17.5. The summed E-state index contributed by atoms with van der Waals surface area (Å²) in [5, 5.41) is 10.3. The van der Waals surface area contributed by atoms with E-state index >= 15 is 0 Å². The predicted molar refractivity (Wildman–Crippen MR) is 96.1 cm³/mol. The van der Waals surface area contributed by atoms with Crippen LogP contribution in [0.2, 0.25) is 0 Å². The summed E-state index contributed by atoms with van der Waals surface area (Å²) in [6.07, 6.45) is 7.08. The maximum atomic E-state index is 10.3. The number of hydrogen-bond acceptors (Lipinski definition) is 4. The first-order valence-corrected chi connectivity index (χ1v) is 7.41. The van der Waals surface area contributed by atoms with Crippen LogP contribution in [0.15, 0.2) is 61.2 Å².